The summed E-state index contributed by atoms with van der Waals surface area (Å²) in [4.78, 5) is 15.4. The molecule has 0 bridgehead atoms. The molecule has 1 saturated carbocycles. The van der Waals surface area contributed by atoms with Crippen LogP contribution in [0, 0.1) is 23.2 Å². The van der Waals surface area contributed by atoms with E-state index in [0.29, 0.717) is 18.8 Å². The number of anilines is 1. The molecule has 0 radical (unpaired) electrons. The van der Waals surface area contributed by atoms with Crippen LogP contribution in [0.3, 0.4) is 0 Å². The molecule has 1 amide bonds. The maximum Gasteiger partial charge on any atom is 0.249 e. The number of rotatable bonds is 6. The molecule has 1 aliphatic carbocycles. The monoisotopic (exact) mass is 569 g/mol. The van der Waals surface area contributed by atoms with Crippen molar-refractivity contribution in [3.05, 3.63) is 54.4 Å². The fourth-order valence-electron chi connectivity index (χ4n) is 5.73. The molecule has 40 heavy (non-hydrogen) atoms. The van der Waals surface area contributed by atoms with Gasteiger partial charge >= 0.3 is 0 Å². The number of sulfone groups is 1. The van der Waals surface area contributed by atoms with E-state index in [0.717, 1.165) is 22.3 Å². The molecule has 0 unspecified atom stereocenters. The number of nitrogens with zero attached hydrogens (tertiary/aromatic N) is 4. The zero-order valence-electron chi connectivity index (χ0n) is 22.6. The van der Waals surface area contributed by atoms with E-state index in [9.17, 15) is 27.3 Å². The van der Waals surface area contributed by atoms with Crippen LogP contribution in [0.2, 0.25) is 0 Å². The average Bonchev–Trinajstić information content (AvgIpc) is 3.30. The zero-order valence-corrected chi connectivity index (χ0v) is 23.4. The van der Waals surface area contributed by atoms with Crippen molar-refractivity contribution in [2.45, 2.75) is 51.0 Å². The third-order valence-corrected chi connectivity index (χ3v) is 9.66. The molecule has 8 nitrogen and oxygen atoms in total. The average molecular weight is 570 g/mol. The highest BCUT2D eigenvalue weighted by molar-refractivity contribution is 7.91. The number of nitriles is 1. The van der Waals surface area contributed by atoms with Crippen LogP contribution in [-0.2, 0) is 14.6 Å². The predicted octanol–water partition coefficient (Wildman–Crippen LogP) is 4.42. The van der Waals surface area contributed by atoms with E-state index in [-0.39, 0.29) is 30.3 Å². The Hall–Kier alpha value is -3.52. The summed E-state index contributed by atoms with van der Waals surface area (Å²) in [5.74, 6) is -5.08. The van der Waals surface area contributed by atoms with Crippen LogP contribution in [0.5, 0.6) is 0 Å². The maximum absolute atomic E-state index is 14.7. The van der Waals surface area contributed by atoms with Crippen LogP contribution in [0.25, 0.3) is 16.6 Å². The Balaban J connectivity index is 1.52. The van der Waals surface area contributed by atoms with Crippen molar-refractivity contribution in [1.82, 2.24) is 14.9 Å². The molecule has 2 aliphatic rings. The molecule has 5 rings (SSSR count). The lowest BCUT2D eigenvalue weighted by Gasteiger charge is -2.35. The summed E-state index contributed by atoms with van der Waals surface area (Å²) in [6, 6.07) is 14.6. The normalized spacial score (nSPS) is 23.1. The largest absolute Gasteiger partial charge is 0.369 e. The van der Waals surface area contributed by atoms with Gasteiger partial charge in [0.15, 0.2) is 9.84 Å². The van der Waals surface area contributed by atoms with Crippen LogP contribution in [-0.4, -0.2) is 60.5 Å². The van der Waals surface area contributed by atoms with Crippen LogP contribution < -0.4 is 10.2 Å². The molecule has 1 saturated heterocycles. The summed E-state index contributed by atoms with van der Waals surface area (Å²) in [6.45, 7) is 4.45. The highest BCUT2D eigenvalue weighted by Gasteiger charge is 2.47. The van der Waals surface area contributed by atoms with E-state index in [1.807, 2.05) is 47.4 Å². The molecule has 1 aliphatic heterocycles. The highest BCUT2D eigenvalue weighted by Crippen LogP contribution is 2.48. The third-order valence-electron chi connectivity index (χ3n) is 8.05. The fraction of sp³-hybridized carbons (Fsp3) is 0.483. The number of hydrogen-bond donors (Lipinski definition) is 1. The number of hydrogen-bond acceptors (Lipinski definition) is 6. The second-order valence-electron chi connectivity index (χ2n) is 11.1. The van der Waals surface area contributed by atoms with Crippen molar-refractivity contribution in [3.8, 4) is 17.2 Å². The van der Waals surface area contributed by atoms with Crippen molar-refractivity contribution in [2.24, 2.45) is 11.8 Å². The summed E-state index contributed by atoms with van der Waals surface area (Å²) in [5, 5.41) is 17.0. The number of alkyl halides is 2. The molecule has 2 fully saturated rings. The van der Waals surface area contributed by atoms with E-state index in [1.54, 1.807) is 24.6 Å². The molecule has 3 aromatic rings. The van der Waals surface area contributed by atoms with E-state index in [2.05, 4.69) is 11.4 Å². The minimum atomic E-state index is -3.00. The van der Waals surface area contributed by atoms with E-state index >= 15 is 0 Å². The van der Waals surface area contributed by atoms with Crippen LogP contribution in [0.1, 0.15) is 44.7 Å². The second kappa shape index (κ2) is 10.8. The molecule has 11 heteroatoms. The number of carbonyl (C=O) groups excluding carboxylic acids is 1. The first-order valence-corrected chi connectivity index (χ1v) is 15.4. The Bertz CT molecular complexity index is 1530. The minimum absolute atomic E-state index is 0.0845. The lowest BCUT2D eigenvalue weighted by molar-refractivity contribution is -0.134. The molecule has 2 aromatic heterocycles. The molecule has 1 aromatic carbocycles. The number of carbonyl (C=O) groups is 1. The molecule has 1 N–H and O–H groups in total. The van der Waals surface area contributed by atoms with Gasteiger partial charge in [-0.3, -0.25) is 4.79 Å². The Labute approximate surface area is 232 Å². The van der Waals surface area contributed by atoms with Gasteiger partial charge in [-0.2, -0.15) is 10.4 Å². The van der Waals surface area contributed by atoms with Crippen molar-refractivity contribution >= 4 is 26.9 Å². The fourth-order valence-corrected chi connectivity index (χ4v) is 6.93. The van der Waals surface area contributed by atoms with Crippen molar-refractivity contribution in [1.29, 1.82) is 5.26 Å². The van der Waals surface area contributed by atoms with Gasteiger partial charge in [-0.1, -0.05) is 32.0 Å². The SMILES string of the molecule is CC(C)[C@@H](C#N)NC(=O)[C@@H]1CC(F)(F)CC[C@H]1c1nn2ccccc2c1-c1ccc(N2CCS(=O)(=O)CC2)cc1. The standard InChI is InChI=1S/C29H33F2N5O3S/c1-19(2)24(18-32)33-28(37)23-17-29(30,31)11-10-22(23)27-26(25-5-3-4-12-36(25)34-27)20-6-8-21(9-7-20)35-13-15-40(38,39)16-14-35/h3-9,12,19,22-24H,10-11,13-17H2,1-2H3,(H,33,37)/t22-,23-,24-/m1/s1. The first-order chi connectivity index (χ1) is 19.0. The molecular formula is C29H33F2N5O3S. The second-order valence-corrected chi connectivity index (χ2v) is 13.5. The van der Waals surface area contributed by atoms with Gasteiger partial charge in [0.1, 0.15) is 6.04 Å². The van der Waals surface area contributed by atoms with Crippen LogP contribution in [0.15, 0.2) is 48.7 Å². The van der Waals surface area contributed by atoms with Gasteiger partial charge in [0, 0.05) is 49.3 Å². The number of amides is 1. The smallest absolute Gasteiger partial charge is 0.249 e. The number of aromatic nitrogens is 2. The van der Waals surface area contributed by atoms with Gasteiger partial charge in [-0.25, -0.2) is 21.7 Å². The predicted molar refractivity (Wildman–Crippen MR) is 149 cm³/mol. The Morgan fingerprint density at radius 3 is 2.50 bits per heavy atom. The number of nitrogens with one attached hydrogen (secondary N) is 1. The van der Waals surface area contributed by atoms with Gasteiger partial charge in [-0.05, 0) is 42.2 Å². The zero-order chi connectivity index (χ0) is 28.7. The lowest BCUT2D eigenvalue weighted by Crippen LogP contribution is -2.46. The molecule has 3 atom stereocenters. The lowest BCUT2D eigenvalue weighted by atomic mass is 9.73. The van der Waals surface area contributed by atoms with E-state index < -0.39 is 46.0 Å². The van der Waals surface area contributed by atoms with E-state index in [1.165, 1.54) is 0 Å². The van der Waals surface area contributed by atoms with Crippen molar-refractivity contribution in [3.63, 3.8) is 0 Å². The summed E-state index contributed by atoms with van der Waals surface area (Å²) in [7, 11) is -3.00. The van der Waals surface area contributed by atoms with Crippen molar-refractivity contribution in [2.75, 3.05) is 29.5 Å². The van der Waals surface area contributed by atoms with Crippen LogP contribution >= 0.6 is 0 Å². The minimum Gasteiger partial charge on any atom is -0.369 e. The van der Waals surface area contributed by atoms with Gasteiger partial charge in [0.25, 0.3) is 0 Å². The van der Waals surface area contributed by atoms with Gasteiger partial charge in [0.2, 0.25) is 11.8 Å². The topological polar surface area (TPSA) is 108 Å². The molecular weight excluding hydrogens is 536 g/mol. The molecule has 0 spiro atoms. The number of pyridine rings is 1. The van der Waals surface area contributed by atoms with Crippen molar-refractivity contribution < 1.29 is 22.0 Å². The number of fused-ring (bicyclic) bond motifs is 1. The Kier molecular flexibility index (Phi) is 7.57. The van der Waals surface area contributed by atoms with Gasteiger partial charge < -0.3 is 10.2 Å². The Morgan fingerprint density at radius 2 is 1.85 bits per heavy atom. The molecule has 212 valence electrons. The van der Waals surface area contributed by atoms with Gasteiger partial charge in [0.05, 0.1) is 34.7 Å². The maximum atomic E-state index is 14.7. The third kappa shape index (κ3) is 5.68. The summed E-state index contributed by atoms with van der Waals surface area (Å²) in [5.41, 5.74) is 3.89. The first kappa shape index (κ1) is 28.0. The van der Waals surface area contributed by atoms with E-state index in [4.69, 9.17) is 5.10 Å². The first-order valence-electron chi connectivity index (χ1n) is 13.6. The summed E-state index contributed by atoms with van der Waals surface area (Å²) in [6.07, 6.45) is 0.921. The summed E-state index contributed by atoms with van der Waals surface area (Å²) >= 11 is 0. The summed E-state index contributed by atoms with van der Waals surface area (Å²) < 4.78 is 54.7. The quantitative estimate of drug-likeness (QED) is 0.471. The number of halogens is 2. The van der Waals surface area contributed by atoms with Crippen LogP contribution in [0.4, 0.5) is 14.5 Å². The number of benzene rings is 1. The van der Waals surface area contributed by atoms with Gasteiger partial charge in [-0.15, -0.1) is 0 Å². The Morgan fingerprint density at radius 1 is 1.15 bits per heavy atom. The molecule has 3 heterocycles. The highest BCUT2D eigenvalue weighted by atomic mass is 32.2.